The van der Waals surface area contributed by atoms with Crippen molar-refractivity contribution in [2.24, 2.45) is 0 Å². The summed E-state index contributed by atoms with van der Waals surface area (Å²) >= 11 is 0. The van der Waals surface area contributed by atoms with Crippen LogP contribution in [0.5, 0.6) is 0 Å². The Morgan fingerprint density at radius 1 is 1.12 bits per heavy atom. The van der Waals surface area contributed by atoms with Crippen LogP contribution < -0.4 is 5.32 Å². The number of nitrogens with zero attached hydrogens (tertiary/aromatic N) is 2. The molecule has 0 atom stereocenters. The summed E-state index contributed by atoms with van der Waals surface area (Å²) in [4.78, 5) is 15.9. The maximum Gasteiger partial charge on any atom is 0.235 e. The van der Waals surface area contributed by atoms with Gasteiger partial charge in [0, 0.05) is 25.5 Å². The number of nitrogens with one attached hydrogen (secondary N) is 1. The quantitative estimate of drug-likeness (QED) is 0.766. The third kappa shape index (κ3) is 6.60. The van der Waals surface area contributed by atoms with E-state index in [4.69, 9.17) is 0 Å². The first-order valence-corrected chi connectivity index (χ1v) is 9.54. The number of sulfonamides is 1. The second-order valence-corrected chi connectivity index (χ2v) is 7.59. The molecule has 0 unspecified atom stereocenters. The largest absolute Gasteiger partial charge is 0.351 e. The lowest BCUT2D eigenvalue weighted by Gasteiger charge is -2.19. The highest BCUT2D eigenvalue weighted by Crippen LogP contribution is 2.07. The number of hydrogen-bond donors (Lipinski definition) is 1. The Kier molecular flexibility index (Phi) is 6.60. The molecule has 1 aromatic heterocycles. The highest BCUT2D eigenvalue weighted by molar-refractivity contribution is 7.88. The third-order valence-electron chi connectivity index (χ3n) is 3.59. The fraction of sp³-hybridized carbons (Fsp3) is 0.294. The molecule has 0 radical (unpaired) electrons. The molecule has 0 spiro atoms. The van der Waals surface area contributed by atoms with Crippen molar-refractivity contribution in [2.45, 2.75) is 13.0 Å². The fourth-order valence-corrected chi connectivity index (χ4v) is 2.96. The number of benzene rings is 1. The molecule has 0 saturated carbocycles. The smallest absolute Gasteiger partial charge is 0.235 e. The van der Waals surface area contributed by atoms with Crippen molar-refractivity contribution < 1.29 is 17.6 Å². The molecule has 8 heteroatoms. The van der Waals surface area contributed by atoms with Gasteiger partial charge in [-0.25, -0.2) is 12.8 Å². The van der Waals surface area contributed by atoms with Gasteiger partial charge in [0.05, 0.1) is 12.8 Å². The second-order valence-electron chi connectivity index (χ2n) is 5.61. The topological polar surface area (TPSA) is 79.4 Å². The van der Waals surface area contributed by atoms with Crippen LogP contribution in [-0.4, -0.2) is 43.0 Å². The van der Waals surface area contributed by atoms with Crippen LogP contribution in [0.2, 0.25) is 0 Å². The van der Waals surface area contributed by atoms with Gasteiger partial charge in [-0.1, -0.05) is 12.1 Å². The summed E-state index contributed by atoms with van der Waals surface area (Å²) in [6.45, 7) is 0.190. The van der Waals surface area contributed by atoms with Crippen molar-refractivity contribution in [3.8, 4) is 0 Å². The minimum Gasteiger partial charge on any atom is -0.351 e. The second kappa shape index (κ2) is 8.68. The zero-order chi connectivity index (χ0) is 18.3. The van der Waals surface area contributed by atoms with E-state index in [1.807, 2.05) is 0 Å². The van der Waals surface area contributed by atoms with E-state index >= 15 is 0 Å². The van der Waals surface area contributed by atoms with Crippen molar-refractivity contribution in [3.63, 3.8) is 0 Å². The number of rotatable bonds is 8. The van der Waals surface area contributed by atoms with Gasteiger partial charge in [-0.05, 0) is 41.8 Å². The number of amides is 1. The van der Waals surface area contributed by atoms with Crippen LogP contribution in [0.25, 0.3) is 0 Å². The van der Waals surface area contributed by atoms with Crippen LogP contribution in [0.3, 0.4) is 0 Å². The zero-order valence-electron chi connectivity index (χ0n) is 13.9. The average molecular weight is 365 g/mol. The maximum atomic E-state index is 12.9. The van der Waals surface area contributed by atoms with Gasteiger partial charge in [-0.15, -0.1) is 0 Å². The molecular weight excluding hydrogens is 345 g/mol. The van der Waals surface area contributed by atoms with Crippen molar-refractivity contribution in [1.82, 2.24) is 14.6 Å². The van der Waals surface area contributed by atoms with Gasteiger partial charge in [0.25, 0.3) is 0 Å². The van der Waals surface area contributed by atoms with E-state index in [0.717, 1.165) is 21.7 Å². The van der Waals surface area contributed by atoms with Crippen LogP contribution >= 0.6 is 0 Å². The van der Waals surface area contributed by atoms with Gasteiger partial charge in [-0.3, -0.25) is 9.78 Å². The minimum absolute atomic E-state index is 0.146. The molecule has 1 amide bonds. The summed E-state index contributed by atoms with van der Waals surface area (Å²) in [5.74, 6) is -0.736. The van der Waals surface area contributed by atoms with Crippen molar-refractivity contribution >= 4 is 15.9 Å². The van der Waals surface area contributed by atoms with Crippen LogP contribution in [0.15, 0.2) is 48.8 Å². The van der Waals surface area contributed by atoms with Crippen molar-refractivity contribution in [2.75, 3.05) is 19.3 Å². The number of aromatic nitrogens is 1. The van der Waals surface area contributed by atoms with Crippen molar-refractivity contribution in [3.05, 3.63) is 65.7 Å². The lowest BCUT2D eigenvalue weighted by atomic mass is 10.1. The Labute approximate surface area is 146 Å². The Morgan fingerprint density at radius 2 is 1.76 bits per heavy atom. The van der Waals surface area contributed by atoms with Gasteiger partial charge >= 0.3 is 0 Å². The first kappa shape index (κ1) is 19.0. The number of carbonyl (C=O) groups is 1. The predicted octanol–water partition coefficient (Wildman–Crippen LogP) is 1.34. The van der Waals surface area contributed by atoms with Gasteiger partial charge in [0.2, 0.25) is 15.9 Å². The Morgan fingerprint density at radius 3 is 2.36 bits per heavy atom. The molecule has 6 nitrogen and oxygen atoms in total. The van der Waals surface area contributed by atoms with E-state index in [-0.39, 0.29) is 24.8 Å². The molecule has 134 valence electrons. The van der Waals surface area contributed by atoms with Crippen molar-refractivity contribution in [1.29, 1.82) is 0 Å². The molecule has 0 aliphatic rings. The molecule has 1 N–H and O–H groups in total. The third-order valence-corrected chi connectivity index (χ3v) is 4.84. The molecule has 1 aromatic carbocycles. The van der Waals surface area contributed by atoms with Gasteiger partial charge in [-0.2, -0.15) is 4.31 Å². The lowest BCUT2D eigenvalue weighted by molar-refractivity contribution is -0.121. The molecule has 0 aliphatic heterocycles. The zero-order valence-corrected chi connectivity index (χ0v) is 14.7. The first-order chi connectivity index (χ1) is 11.8. The molecular formula is C17H20FN3O3S. The number of halogens is 1. The van der Waals surface area contributed by atoms with E-state index in [2.05, 4.69) is 10.3 Å². The predicted molar refractivity (Wildman–Crippen MR) is 92.6 cm³/mol. The average Bonchev–Trinajstić information content (AvgIpc) is 2.58. The Bertz CT molecular complexity index is 796. The number of pyridine rings is 1. The molecule has 0 aliphatic carbocycles. The number of carbonyl (C=O) groups excluding carboxylic acids is 1. The minimum atomic E-state index is -3.53. The van der Waals surface area contributed by atoms with E-state index in [1.54, 1.807) is 36.7 Å². The normalized spacial score (nSPS) is 11.5. The first-order valence-electron chi connectivity index (χ1n) is 7.70. The monoisotopic (exact) mass is 365 g/mol. The Hall–Kier alpha value is -2.32. The molecule has 2 aromatic rings. The summed E-state index contributed by atoms with van der Waals surface area (Å²) in [6.07, 6.45) is 4.69. The molecule has 0 fully saturated rings. The van der Waals surface area contributed by atoms with Gasteiger partial charge in [0.1, 0.15) is 5.82 Å². The molecule has 2 rings (SSSR count). The van der Waals surface area contributed by atoms with Gasteiger partial charge < -0.3 is 5.32 Å². The molecule has 0 bridgehead atoms. The maximum absolute atomic E-state index is 12.9. The highest BCUT2D eigenvalue weighted by Gasteiger charge is 2.19. The standard InChI is InChI=1S/C17H20FN3O3S/c1-25(23,24)21(11-8-14-2-4-16(18)5-3-14)13-17(22)20-12-15-6-9-19-10-7-15/h2-7,9-10H,8,11-13H2,1H3,(H,20,22). The summed E-state index contributed by atoms with van der Waals surface area (Å²) in [7, 11) is -3.53. The summed E-state index contributed by atoms with van der Waals surface area (Å²) < 4.78 is 37.8. The fourth-order valence-electron chi connectivity index (χ4n) is 2.18. The van der Waals surface area contributed by atoms with E-state index in [9.17, 15) is 17.6 Å². The summed E-state index contributed by atoms with van der Waals surface area (Å²) in [5.41, 5.74) is 1.67. The summed E-state index contributed by atoms with van der Waals surface area (Å²) in [6, 6.07) is 9.37. The lowest BCUT2D eigenvalue weighted by Crippen LogP contribution is -2.41. The van der Waals surface area contributed by atoms with Crippen LogP contribution in [-0.2, 0) is 27.8 Å². The van der Waals surface area contributed by atoms with E-state index in [0.29, 0.717) is 13.0 Å². The highest BCUT2D eigenvalue weighted by atomic mass is 32.2. The Balaban J connectivity index is 1.91. The van der Waals surface area contributed by atoms with E-state index in [1.165, 1.54) is 12.1 Å². The summed E-state index contributed by atoms with van der Waals surface area (Å²) in [5, 5.41) is 2.68. The molecule has 0 saturated heterocycles. The van der Waals surface area contributed by atoms with Crippen LogP contribution in [0.4, 0.5) is 4.39 Å². The molecule has 25 heavy (non-hydrogen) atoms. The van der Waals surface area contributed by atoms with E-state index < -0.39 is 10.0 Å². The molecule has 1 heterocycles. The van der Waals surface area contributed by atoms with Crippen LogP contribution in [0.1, 0.15) is 11.1 Å². The SMILES string of the molecule is CS(=O)(=O)N(CCc1ccc(F)cc1)CC(=O)NCc1ccncc1. The van der Waals surface area contributed by atoms with Crippen LogP contribution in [0, 0.1) is 5.82 Å². The number of hydrogen-bond acceptors (Lipinski definition) is 4. The van der Waals surface area contributed by atoms with Gasteiger partial charge in [0.15, 0.2) is 0 Å².